The first-order chi connectivity index (χ1) is 6.61. The Kier molecular flexibility index (Phi) is 3.24. The third-order valence-electron chi connectivity index (χ3n) is 2.06. The lowest BCUT2D eigenvalue weighted by Gasteiger charge is -2.24. The van der Waals surface area contributed by atoms with Gasteiger partial charge in [0.2, 0.25) is 0 Å². The maximum atomic E-state index is 11.1. The average molecular weight is 198 g/mol. The smallest absolute Gasteiger partial charge is 0.333 e. The van der Waals surface area contributed by atoms with Gasteiger partial charge in [-0.25, -0.2) is 4.79 Å². The summed E-state index contributed by atoms with van der Waals surface area (Å²) in [6, 6.07) is 1.69. The van der Waals surface area contributed by atoms with Crippen molar-refractivity contribution in [1.29, 1.82) is 0 Å². The maximum absolute atomic E-state index is 11.1. The molecule has 1 aromatic heterocycles. The topological polar surface area (TPSA) is 64.3 Å². The lowest BCUT2D eigenvalue weighted by atomic mass is 10.1. The van der Waals surface area contributed by atoms with Crippen LogP contribution >= 0.6 is 0 Å². The second-order valence-corrected chi connectivity index (χ2v) is 3.17. The monoisotopic (exact) mass is 198 g/mol. The van der Waals surface area contributed by atoms with Gasteiger partial charge in [-0.2, -0.15) is 5.10 Å². The highest BCUT2D eigenvalue weighted by atomic mass is 16.5. The Morgan fingerprint density at radius 2 is 2.43 bits per heavy atom. The van der Waals surface area contributed by atoms with Crippen LogP contribution in [0.15, 0.2) is 18.5 Å². The summed E-state index contributed by atoms with van der Waals surface area (Å²) in [6.45, 7) is 4.01. The Morgan fingerprint density at radius 3 is 2.86 bits per heavy atom. The molecule has 1 atom stereocenters. The van der Waals surface area contributed by atoms with Crippen LogP contribution in [0.2, 0.25) is 0 Å². The zero-order valence-corrected chi connectivity index (χ0v) is 8.30. The molecule has 1 N–H and O–H groups in total. The summed E-state index contributed by atoms with van der Waals surface area (Å²) in [5.74, 6) is -0.949. The number of nitrogens with zero attached hydrogens (tertiary/aromatic N) is 2. The van der Waals surface area contributed by atoms with Crippen molar-refractivity contribution in [3.8, 4) is 0 Å². The molecule has 5 heteroatoms. The first-order valence-corrected chi connectivity index (χ1v) is 4.42. The van der Waals surface area contributed by atoms with Gasteiger partial charge in [-0.1, -0.05) is 0 Å². The molecule has 0 spiro atoms. The van der Waals surface area contributed by atoms with Gasteiger partial charge in [0.1, 0.15) is 0 Å². The van der Waals surface area contributed by atoms with Crippen molar-refractivity contribution in [3.05, 3.63) is 18.5 Å². The lowest BCUT2D eigenvalue weighted by Crippen LogP contribution is -2.43. The van der Waals surface area contributed by atoms with Crippen LogP contribution in [0.25, 0.3) is 0 Å². The van der Waals surface area contributed by atoms with E-state index in [1.165, 1.54) is 4.68 Å². The maximum Gasteiger partial charge on any atom is 0.333 e. The first kappa shape index (κ1) is 10.7. The Hall–Kier alpha value is -1.36. The van der Waals surface area contributed by atoms with Gasteiger partial charge in [0.25, 0.3) is 0 Å². The van der Waals surface area contributed by atoms with Crippen molar-refractivity contribution in [2.75, 3.05) is 13.2 Å². The van der Waals surface area contributed by atoms with Crippen molar-refractivity contribution < 1.29 is 14.6 Å². The summed E-state index contributed by atoms with van der Waals surface area (Å²) in [5.41, 5.74) is -1.13. The number of carboxylic acids is 1. The highest BCUT2D eigenvalue weighted by Crippen LogP contribution is 2.15. The minimum Gasteiger partial charge on any atom is -0.479 e. The number of rotatable bonds is 5. The molecule has 0 saturated carbocycles. The van der Waals surface area contributed by atoms with E-state index in [9.17, 15) is 4.79 Å². The first-order valence-electron chi connectivity index (χ1n) is 4.42. The van der Waals surface area contributed by atoms with E-state index >= 15 is 0 Å². The van der Waals surface area contributed by atoms with E-state index < -0.39 is 11.5 Å². The summed E-state index contributed by atoms with van der Waals surface area (Å²) in [6.07, 6.45) is 3.17. The van der Waals surface area contributed by atoms with Gasteiger partial charge >= 0.3 is 5.97 Å². The minimum atomic E-state index is -1.13. The summed E-state index contributed by atoms with van der Waals surface area (Å²) < 4.78 is 6.54. The van der Waals surface area contributed by atoms with E-state index in [1.807, 2.05) is 6.92 Å². The van der Waals surface area contributed by atoms with E-state index in [1.54, 1.807) is 25.4 Å². The number of carboxylic acid groups (broad SMARTS) is 1. The Bertz CT molecular complexity index is 297. The fourth-order valence-corrected chi connectivity index (χ4v) is 1.09. The van der Waals surface area contributed by atoms with Gasteiger partial charge in [-0.15, -0.1) is 0 Å². The zero-order chi connectivity index (χ0) is 10.6. The number of hydrogen-bond donors (Lipinski definition) is 1. The van der Waals surface area contributed by atoms with Gasteiger partial charge in [0.05, 0.1) is 6.61 Å². The van der Waals surface area contributed by atoms with Crippen LogP contribution in [0.1, 0.15) is 13.8 Å². The highest BCUT2D eigenvalue weighted by Gasteiger charge is 2.36. The third-order valence-corrected chi connectivity index (χ3v) is 2.06. The molecule has 78 valence electrons. The molecule has 0 bridgehead atoms. The second kappa shape index (κ2) is 4.23. The van der Waals surface area contributed by atoms with Crippen molar-refractivity contribution in [1.82, 2.24) is 9.78 Å². The van der Waals surface area contributed by atoms with Gasteiger partial charge < -0.3 is 9.84 Å². The molecular formula is C9H14N2O3. The lowest BCUT2D eigenvalue weighted by molar-refractivity contribution is -0.150. The quantitative estimate of drug-likeness (QED) is 0.757. The SMILES string of the molecule is CCOCC(C)(C(=O)O)n1cccn1. The molecule has 1 rings (SSSR count). The molecule has 0 amide bonds. The van der Waals surface area contributed by atoms with E-state index in [4.69, 9.17) is 9.84 Å². The molecule has 1 heterocycles. The van der Waals surface area contributed by atoms with Crippen LogP contribution < -0.4 is 0 Å². The van der Waals surface area contributed by atoms with Crippen LogP contribution in [0, 0.1) is 0 Å². The van der Waals surface area contributed by atoms with E-state index in [0.29, 0.717) is 6.61 Å². The van der Waals surface area contributed by atoms with E-state index in [2.05, 4.69) is 5.10 Å². The molecular weight excluding hydrogens is 184 g/mol. The second-order valence-electron chi connectivity index (χ2n) is 3.17. The van der Waals surface area contributed by atoms with Gasteiger partial charge in [-0.05, 0) is 19.9 Å². The summed E-state index contributed by atoms with van der Waals surface area (Å²) in [4.78, 5) is 11.1. The van der Waals surface area contributed by atoms with Crippen LogP contribution in [0.4, 0.5) is 0 Å². The Morgan fingerprint density at radius 1 is 1.71 bits per heavy atom. The molecule has 0 saturated heterocycles. The van der Waals surface area contributed by atoms with Crippen molar-refractivity contribution >= 4 is 5.97 Å². The van der Waals surface area contributed by atoms with Crippen LogP contribution in [0.5, 0.6) is 0 Å². The molecule has 0 aliphatic carbocycles. The number of hydrogen-bond acceptors (Lipinski definition) is 3. The van der Waals surface area contributed by atoms with Crippen molar-refractivity contribution in [2.45, 2.75) is 19.4 Å². The largest absolute Gasteiger partial charge is 0.479 e. The Labute approximate surface area is 82.3 Å². The molecule has 0 aliphatic rings. The van der Waals surface area contributed by atoms with Gasteiger partial charge in [0.15, 0.2) is 5.54 Å². The summed E-state index contributed by atoms with van der Waals surface area (Å²) in [7, 11) is 0. The molecule has 0 aromatic carbocycles. The standard InChI is InChI=1S/C9H14N2O3/c1-3-14-7-9(2,8(12)13)11-6-4-5-10-11/h4-6H,3,7H2,1-2H3,(H,12,13). The number of aromatic nitrogens is 2. The fraction of sp³-hybridized carbons (Fsp3) is 0.556. The molecule has 5 nitrogen and oxygen atoms in total. The summed E-state index contributed by atoms with van der Waals surface area (Å²) in [5, 5.41) is 13.0. The predicted molar refractivity (Wildman–Crippen MR) is 50.0 cm³/mol. The summed E-state index contributed by atoms with van der Waals surface area (Å²) >= 11 is 0. The third kappa shape index (κ3) is 1.93. The molecule has 0 radical (unpaired) electrons. The van der Waals surface area contributed by atoms with Crippen molar-refractivity contribution in [2.24, 2.45) is 0 Å². The minimum absolute atomic E-state index is 0.112. The Balaban J connectivity index is 2.87. The molecule has 0 fully saturated rings. The molecule has 1 unspecified atom stereocenters. The van der Waals surface area contributed by atoms with Crippen molar-refractivity contribution in [3.63, 3.8) is 0 Å². The van der Waals surface area contributed by atoms with Crippen LogP contribution in [0.3, 0.4) is 0 Å². The average Bonchev–Trinajstić information content (AvgIpc) is 2.66. The molecule has 1 aromatic rings. The number of carbonyl (C=O) groups is 1. The van der Waals surface area contributed by atoms with Gasteiger partial charge in [-0.3, -0.25) is 4.68 Å². The predicted octanol–water partition coefficient (Wildman–Crippen LogP) is 0.719. The zero-order valence-electron chi connectivity index (χ0n) is 8.30. The fourth-order valence-electron chi connectivity index (χ4n) is 1.09. The highest BCUT2D eigenvalue weighted by molar-refractivity contribution is 5.76. The van der Waals surface area contributed by atoms with Crippen LogP contribution in [-0.4, -0.2) is 34.1 Å². The van der Waals surface area contributed by atoms with E-state index in [-0.39, 0.29) is 6.61 Å². The van der Waals surface area contributed by atoms with E-state index in [0.717, 1.165) is 0 Å². The normalized spacial score (nSPS) is 15.0. The number of aliphatic carboxylic acids is 1. The van der Waals surface area contributed by atoms with Gasteiger partial charge in [0, 0.05) is 19.0 Å². The molecule has 14 heavy (non-hydrogen) atoms. The number of ether oxygens (including phenoxy) is 1. The van der Waals surface area contributed by atoms with Crippen LogP contribution in [-0.2, 0) is 15.1 Å². The molecule has 0 aliphatic heterocycles.